The van der Waals surface area contributed by atoms with Gasteiger partial charge in [0.25, 0.3) is 0 Å². The second-order valence-electron chi connectivity index (χ2n) is 13.2. The average molecular weight is 847 g/mol. The van der Waals surface area contributed by atoms with Gasteiger partial charge in [0, 0.05) is 68.5 Å². The van der Waals surface area contributed by atoms with Crippen molar-refractivity contribution in [1.29, 1.82) is 0 Å². The smallest absolute Gasteiger partial charge is 0.204 e. The lowest BCUT2D eigenvalue weighted by atomic mass is 9.86. The number of ether oxygens (including phenoxy) is 3. The van der Waals surface area contributed by atoms with Crippen molar-refractivity contribution in [2.75, 3.05) is 21.3 Å². The Bertz CT molecular complexity index is 2770. The zero-order chi connectivity index (χ0) is 40.5. The second kappa shape index (κ2) is 18.4. The molecule has 0 saturated carbocycles. The molecule has 2 aliphatic carbocycles. The Labute approximate surface area is 354 Å². The van der Waals surface area contributed by atoms with Gasteiger partial charge in [-0.05, 0) is 78.2 Å². The molecule has 3 heterocycles. The minimum Gasteiger partial charge on any atom is -0.495 e. The van der Waals surface area contributed by atoms with Crippen molar-refractivity contribution in [3.05, 3.63) is 154 Å². The number of Topliss-reactive ketones (excluding diaryl/α,β-unsaturated/α-hetero) is 2. The molecule has 0 unspecified atom stereocenters. The van der Waals surface area contributed by atoms with E-state index in [2.05, 4.69) is 35.7 Å². The van der Waals surface area contributed by atoms with Gasteiger partial charge in [-0.15, -0.1) is 34.0 Å². The fourth-order valence-electron chi connectivity index (χ4n) is 6.86. The highest BCUT2D eigenvalue weighted by Crippen LogP contribution is 2.38. The predicted molar refractivity (Wildman–Crippen MR) is 236 cm³/mol. The van der Waals surface area contributed by atoms with Gasteiger partial charge in [-0.2, -0.15) is 0 Å². The molecule has 2 aliphatic rings. The predicted octanol–water partition coefficient (Wildman–Crippen LogP) is 11.1. The summed E-state index contributed by atoms with van der Waals surface area (Å²) in [5.74, 6) is -0.205. The van der Waals surface area contributed by atoms with E-state index in [1.807, 2.05) is 6.07 Å². The molecule has 3 aromatic heterocycles. The number of methoxy groups -OCH3 is 3. The van der Waals surface area contributed by atoms with E-state index < -0.39 is 0 Å². The first-order valence-corrected chi connectivity index (χ1v) is 20.2. The zero-order valence-corrected chi connectivity index (χ0v) is 33.9. The van der Waals surface area contributed by atoms with Gasteiger partial charge < -0.3 is 14.2 Å². The molecule has 302 valence electrons. The van der Waals surface area contributed by atoms with E-state index in [-0.39, 0.29) is 55.1 Å². The van der Waals surface area contributed by atoms with Gasteiger partial charge in [-0.1, -0.05) is 51.3 Å². The molecule has 9 nitrogen and oxygen atoms in total. The van der Waals surface area contributed by atoms with E-state index in [0.29, 0.717) is 61.2 Å². The van der Waals surface area contributed by atoms with Gasteiger partial charge in [0.1, 0.15) is 5.75 Å². The molecule has 4 aromatic carbocycles. The summed E-state index contributed by atoms with van der Waals surface area (Å²) < 4.78 is 16.9. The topological polar surface area (TPSA) is 130 Å². The maximum Gasteiger partial charge on any atom is 0.204 e. The minimum absolute atomic E-state index is 0. The van der Waals surface area contributed by atoms with Crippen LogP contribution >= 0.6 is 34.0 Å². The molecule has 0 atom stereocenters. The number of benzene rings is 4. The lowest BCUT2D eigenvalue weighted by molar-refractivity contribution is 0.0970. The molecule has 0 N–H and O–H groups in total. The van der Waals surface area contributed by atoms with Crippen LogP contribution in [0.15, 0.2) is 89.6 Å². The summed E-state index contributed by atoms with van der Waals surface area (Å²) in [5, 5.41) is 7.33. The molecule has 59 heavy (non-hydrogen) atoms. The van der Waals surface area contributed by atoms with Gasteiger partial charge in [0.15, 0.2) is 23.1 Å². The number of carbonyl (C=O) groups excluding carboxylic acids is 6. The summed E-state index contributed by atoms with van der Waals surface area (Å²) in [4.78, 5) is 74.4. The fraction of sp³-hybridized carbons (Fsp3) is 0.191. The van der Waals surface area contributed by atoms with Crippen molar-refractivity contribution in [2.24, 2.45) is 0 Å². The summed E-state index contributed by atoms with van der Waals surface area (Å²) in [5.41, 5.74) is 4.12. The van der Waals surface area contributed by atoms with E-state index in [0.717, 1.165) is 39.5 Å². The molecule has 0 aliphatic heterocycles. The number of thiophene rings is 3. The molecule has 0 fully saturated rings. The Morgan fingerprint density at radius 2 is 1.20 bits per heavy atom. The van der Waals surface area contributed by atoms with Crippen molar-refractivity contribution in [3.63, 3.8) is 0 Å². The van der Waals surface area contributed by atoms with Crippen LogP contribution in [-0.2, 0) is 22.7 Å². The van der Waals surface area contributed by atoms with Gasteiger partial charge in [0.2, 0.25) is 11.6 Å². The first-order valence-electron chi connectivity index (χ1n) is 17.6. The van der Waals surface area contributed by atoms with Crippen LogP contribution in [0.2, 0.25) is 0 Å². The third-order valence-corrected chi connectivity index (χ3v) is 12.6. The number of rotatable bonds is 7. The summed E-state index contributed by atoms with van der Waals surface area (Å²) in [7, 11) is 4.88. The highest BCUT2D eigenvalue weighted by molar-refractivity contribution is 7.17. The normalized spacial score (nSPS) is 12.1. The largest absolute Gasteiger partial charge is 0.495 e. The highest BCUT2D eigenvalue weighted by atomic mass is 32.1. The van der Waals surface area contributed by atoms with Crippen LogP contribution in [0.1, 0.15) is 122 Å². The zero-order valence-electron chi connectivity index (χ0n) is 31.5. The van der Waals surface area contributed by atoms with Crippen molar-refractivity contribution in [1.82, 2.24) is 0 Å². The Hall–Kier alpha value is -5.76. The Kier molecular flexibility index (Phi) is 13.9. The summed E-state index contributed by atoms with van der Waals surface area (Å²) >= 11 is 3.99. The van der Waals surface area contributed by atoms with Crippen molar-refractivity contribution < 1.29 is 43.0 Å². The lowest BCUT2D eigenvalue weighted by Crippen LogP contribution is -2.21. The molecular formula is C47H42O9S3. The summed E-state index contributed by atoms with van der Waals surface area (Å²) in [6.07, 6.45) is 0. The number of fused-ring (bicyclic) bond motifs is 6. The number of carbonyl (C=O) groups is 6. The van der Waals surface area contributed by atoms with Gasteiger partial charge in [-0.25, -0.2) is 0 Å². The number of ketones is 6. The van der Waals surface area contributed by atoms with Crippen molar-refractivity contribution in [3.8, 4) is 5.75 Å². The number of hydrogen-bond donors (Lipinski definition) is 0. The van der Waals surface area contributed by atoms with Crippen molar-refractivity contribution >= 4 is 89.6 Å². The van der Waals surface area contributed by atoms with E-state index in [1.54, 1.807) is 74.4 Å². The first kappa shape index (κ1) is 44.3. The highest BCUT2D eigenvalue weighted by Gasteiger charge is 2.35. The number of hydrogen-bond acceptors (Lipinski definition) is 12. The third kappa shape index (κ3) is 8.27. The van der Waals surface area contributed by atoms with Gasteiger partial charge >= 0.3 is 0 Å². The first-order chi connectivity index (χ1) is 27.5. The van der Waals surface area contributed by atoms with E-state index in [1.165, 1.54) is 40.8 Å². The lowest BCUT2D eigenvalue weighted by Gasteiger charge is -2.16. The maximum atomic E-state index is 12.6. The standard InChI is InChI=1S/2C16H12O4S.C13H10OS.2CH4/c1-8(17)13-6-12-14(18)10-4-3-9(7-20-2)5-11(10)15(19)16(12)21-13;1-8(17)12-7-21-16-13(12)14(18)10-4-3-9(6-20-2)5-11(10)15(16)19;1-14-13-10-5-3-2-4-9(10)8-12-11(13)6-7-15-12;;/h3-6H,7H2,1-2H3;3-5,7H,6H2,1-2H3;2-8H,1H3;2*1H4. The van der Waals surface area contributed by atoms with Crippen LogP contribution < -0.4 is 4.74 Å². The molecule has 0 spiro atoms. The SMILES string of the molecule is C.C.COCc1ccc2c(c1)C(=O)c1sc(C(C)=O)cc1C2=O.COCc1ccc2c(c1)C(=O)c1scc(C(C)=O)c1C2=O.COc1c2ccccc2cc2sccc12. The molecule has 7 aromatic rings. The van der Waals surface area contributed by atoms with E-state index in [9.17, 15) is 28.8 Å². The van der Waals surface area contributed by atoms with E-state index in [4.69, 9.17) is 14.2 Å². The van der Waals surface area contributed by atoms with Crippen molar-refractivity contribution in [2.45, 2.75) is 41.9 Å². The second-order valence-corrected chi connectivity index (χ2v) is 16.1. The maximum absolute atomic E-state index is 12.6. The Morgan fingerprint density at radius 3 is 1.80 bits per heavy atom. The fourth-order valence-corrected chi connectivity index (χ4v) is 9.75. The Morgan fingerprint density at radius 1 is 0.593 bits per heavy atom. The third-order valence-electron chi connectivity index (χ3n) is 9.54. The quantitative estimate of drug-likeness (QED) is 0.144. The summed E-state index contributed by atoms with van der Waals surface area (Å²) in [6, 6.07) is 24.4. The molecule has 0 amide bonds. The van der Waals surface area contributed by atoms with Gasteiger partial charge in [0.05, 0.1) is 40.5 Å². The molecule has 0 bridgehead atoms. The molecule has 0 saturated heterocycles. The molecule has 9 rings (SSSR count). The van der Waals surface area contributed by atoms with Gasteiger partial charge in [-0.3, -0.25) is 28.8 Å². The molecule has 0 radical (unpaired) electrons. The van der Waals surface area contributed by atoms with Crippen LogP contribution in [0.4, 0.5) is 0 Å². The van der Waals surface area contributed by atoms with Crippen LogP contribution in [0.3, 0.4) is 0 Å². The molecule has 12 heteroatoms. The van der Waals surface area contributed by atoms with E-state index >= 15 is 0 Å². The Balaban J connectivity index is 0.000000168. The van der Waals surface area contributed by atoms with Crippen LogP contribution in [0.5, 0.6) is 5.75 Å². The average Bonchev–Trinajstić information content (AvgIpc) is 3.99. The monoisotopic (exact) mass is 846 g/mol. The minimum atomic E-state index is -0.255. The van der Waals surface area contributed by atoms with Crippen LogP contribution in [-0.4, -0.2) is 56.0 Å². The summed E-state index contributed by atoms with van der Waals surface area (Å²) in [6.45, 7) is 3.59. The van der Waals surface area contributed by atoms with Crippen LogP contribution in [0, 0.1) is 0 Å². The molecular weight excluding hydrogens is 805 g/mol. The van der Waals surface area contributed by atoms with Crippen LogP contribution in [0.25, 0.3) is 20.9 Å².